The summed E-state index contributed by atoms with van der Waals surface area (Å²) < 4.78 is 7.31. The molecule has 4 rings (SSSR count). The lowest BCUT2D eigenvalue weighted by atomic mass is 10.1. The fourth-order valence-corrected chi connectivity index (χ4v) is 3.97. The first-order valence-electron chi connectivity index (χ1n) is 10.0. The number of ether oxygens (including phenoxy) is 1. The first-order chi connectivity index (χ1) is 13.7. The number of benzene rings is 1. The van der Waals surface area contributed by atoms with Gasteiger partial charge in [0, 0.05) is 38.3 Å². The quantitative estimate of drug-likeness (QED) is 0.834. The van der Waals surface area contributed by atoms with Crippen LogP contribution in [-0.4, -0.2) is 77.1 Å². The highest BCUT2D eigenvalue weighted by Crippen LogP contribution is 2.21. The molecule has 3 heterocycles. The summed E-state index contributed by atoms with van der Waals surface area (Å²) in [5, 5.41) is 11.7. The number of methoxy groups -OCH3 is 1. The Kier molecular flexibility index (Phi) is 5.87. The van der Waals surface area contributed by atoms with Gasteiger partial charge >= 0.3 is 0 Å². The molecule has 0 unspecified atom stereocenters. The number of hydrogen-bond donors (Lipinski definition) is 1. The van der Waals surface area contributed by atoms with Crippen molar-refractivity contribution in [3.05, 3.63) is 41.7 Å². The van der Waals surface area contributed by atoms with E-state index in [4.69, 9.17) is 4.74 Å². The Balaban J connectivity index is 1.32. The van der Waals surface area contributed by atoms with Gasteiger partial charge in [0.2, 0.25) is 0 Å². The average molecular weight is 384 g/mol. The first kappa shape index (κ1) is 18.9. The normalized spacial score (nSPS) is 19.0. The molecule has 1 amide bonds. The molecule has 2 aromatic rings. The molecule has 1 aromatic heterocycles. The van der Waals surface area contributed by atoms with Crippen LogP contribution in [0.4, 0.5) is 0 Å². The van der Waals surface area contributed by atoms with Gasteiger partial charge in [0.25, 0.3) is 5.91 Å². The van der Waals surface area contributed by atoms with Crippen molar-refractivity contribution in [3.63, 3.8) is 0 Å². The first-order valence-corrected chi connectivity index (χ1v) is 10.0. The number of rotatable bonds is 5. The second-order valence-corrected chi connectivity index (χ2v) is 7.45. The van der Waals surface area contributed by atoms with E-state index in [1.165, 1.54) is 5.56 Å². The number of amides is 1. The summed E-state index contributed by atoms with van der Waals surface area (Å²) in [6, 6.07) is 8.43. The van der Waals surface area contributed by atoms with Crippen molar-refractivity contribution in [3.8, 4) is 5.75 Å². The maximum atomic E-state index is 12.8. The molecule has 0 atom stereocenters. The van der Waals surface area contributed by atoms with Crippen molar-refractivity contribution in [2.24, 2.45) is 0 Å². The monoisotopic (exact) mass is 384 g/mol. The van der Waals surface area contributed by atoms with Gasteiger partial charge in [0.1, 0.15) is 5.75 Å². The third-order valence-corrected chi connectivity index (χ3v) is 5.66. The Hall–Kier alpha value is -2.45. The van der Waals surface area contributed by atoms with Gasteiger partial charge in [0.05, 0.1) is 19.3 Å². The summed E-state index contributed by atoms with van der Waals surface area (Å²) in [5.74, 6) is 0.896. The fraction of sp³-hybridized carbons (Fsp3) is 0.550. The number of piperazine rings is 1. The average Bonchev–Trinajstić information content (AvgIpc) is 3.25. The van der Waals surface area contributed by atoms with Gasteiger partial charge in [-0.1, -0.05) is 23.4 Å². The van der Waals surface area contributed by atoms with Crippen LogP contribution in [-0.2, 0) is 6.54 Å². The van der Waals surface area contributed by atoms with E-state index >= 15 is 0 Å². The minimum atomic E-state index is -0.0165. The second kappa shape index (κ2) is 8.70. The van der Waals surface area contributed by atoms with E-state index < -0.39 is 0 Å². The van der Waals surface area contributed by atoms with Crippen LogP contribution in [0.25, 0.3) is 0 Å². The fourth-order valence-electron chi connectivity index (χ4n) is 3.97. The molecule has 0 aliphatic carbocycles. The van der Waals surface area contributed by atoms with E-state index in [-0.39, 0.29) is 5.91 Å². The third-order valence-electron chi connectivity index (χ3n) is 5.66. The van der Waals surface area contributed by atoms with Crippen LogP contribution in [0.15, 0.2) is 30.5 Å². The van der Waals surface area contributed by atoms with Gasteiger partial charge in [-0.3, -0.25) is 9.69 Å². The number of hydrogen-bond acceptors (Lipinski definition) is 6. The topological polar surface area (TPSA) is 75.5 Å². The smallest absolute Gasteiger partial charge is 0.276 e. The number of piperidine rings is 1. The molecule has 0 bridgehead atoms. The number of carbonyl (C=O) groups is 1. The highest BCUT2D eigenvalue weighted by atomic mass is 16.5. The molecule has 1 aromatic carbocycles. The maximum Gasteiger partial charge on any atom is 0.276 e. The zero-order valence-electron chi connectivity index (χ0n) is 16.4. The molecular weight excluding hydrogens is 356 g/mol. The van der Waals surface area contributed by atoms with Crippen molar-refractivity contribution in [1.82, 2.24) is 30.1 Å². The molecule has 150 valence electrons. The van der Waals surface area contributed by atoms with Crippen LogP contribution in [0.3, 0.4) is 0 Å². The molecule has 28 heavy (non-hydrogen) atoms. The summed E-state index contributed by atoms with van der Waals surface area (Å²) in [6.07, 6.45) is 3.87. The molecule has 8 heteroatoms. The van der Waals surface area contributed by atoms with Crippen molar-refractivity contribution >= 4 is 5.91 Å². The minimum Gasteiger partial charge on any atom is -0.496 e. The SMILES string of the molecule is COc1ccccc1CN1CCN(C(=O)c2cn(C3CCNCC3)nn2)CC1. The van der Waals surface area contributed by atoms with Gasteiger partial charge < -0.3 is 15.0 Å². The van der Waals surface area contributed by atoms with Crippen molar-refractivity contribution in [1.29, 1.82) is 0 Å². The summed E-state index contributed by atoms with van der Waals surface area (Å²) in [5.41, 5.74) is 1.63. The van der Waals surface area contributed by atoms with Gasteiger partial charge in [0.15, 0.2) is 5.69 Å². The van der Waals surface area contributed by atoms with Crippen molar-refractivity contribution in [2.45, 2.75) is 25.4 Å². The van der Waals surface area contributed by atoms with E-state index in [0.717, 1.165) is 51.3 Å². The predicted octanol–water partition coefficient (Wildman–Crippen LogP) is 1.17. The summed E-state index contributed by atoms with van der Waals surface area (Å²) in [4.78, 5) is 17.1. The van der Waals surface area contributed by atoms with E-state index in [1.54, 1.807) is 7.11 Å². The lowest BCUT2D eigenvalue weighted by Gasteiger charge is -2.34. The van der Waals surface area contributed by atoms with Crippen LogP contribution in [0, 0.1) is 0 Å². The van der Waals surface area contributed by atoms with E-state index in [9.17, 15) is 4.79 Å². The number of aromatic nitrogens is 3. The summed E-state index contributed by atoms with van der Waals surface area (Å²) >= 11 is 0. The Bertz CT molecular complexity index is 793. The Morgan fingerprint density at radius 1 is 1.18 bits per heavy atom. The highest BCUT2D eigenvalue weighted by molar-refractivity contribution is 5.92. The zero-order chi connectivity index (χ0) is 19.3. The van der Waals surface area contributed by atoms with Crippen LogP contribution in [0.1, 0.15) is 34.9 Å². The minimum absolute atomic E-state index is 0.0165. The van der Waals surface area contributed by atoms with Crippen molar-refractivity contribution in [2.75, 3.05) is 46.4 Å². The third kappa shape index (κ3) is 4.18. The lowest BCUT2D eigenvalue weighted by molar-refractivity contribution is 0.0621. The molecule has 2 fully saturated rings. The van der Waals surface area contributed by atoms with Gasteiger partial charge in [-0.2, -0.15) is 0 Å². The maximum absolute atomic E-state index is 12.8. The van der Waals surface area contributed by atoms with Gasteiger partial charge in [-0.05, 0) is 32.0 Å². The lowest BCUT2D eigenvalue weighted by Crippen LogP contribution is -2.48. The molecule has 2 saturated heterocycles. The Morgan fingerprint density at radius 2 is 1.93 bits per heavy atom. The number of nitrogens with one attached hydrogen (secondary N) is 1. The standard InChI is InChI=1S/C20H28N6O2/c1-28-19-5-3-2-4-16(19)14-24-10-12-25(13-11-24)20(27)18-15-26(23-22-18)17-6-8-21-9-7-17/h2-5,15,17,21H,6-14H2,1H3. The predicted molar refractivity (Wildman–Crippen MR) is 105 cm³/mol. The van der Waals surface area contributed by atoms with Gasteiger partial charge in [-0.25, -0.2) is 4.68 Å². The Morgan fingerprint density at radius 3 is 2.68 bits per heavy atom. The molecule has 0 radical (unpaired) electrons. The second-order valence-electron chi connectivity index (χ2n) is 7.45. The van der Waals surface area contributed by atoms with E-state index in [1.807, 2.05) is 34.0 Å². The van der Waals surface area contributed by atoms with E-state index in [2.05, 4.69) is 26.6 Å². The highest BCUT2D eigenvalue weighted by Gasteiger charge is 2.25. The molecule has 0 spiro atoms. The molecule has 2 aliphatic rings. The number of para-hydroxylation sites is 1. The van der Waals surface area contributed by atoms with Gasteiger partial charge in [-0.15, -0.1) is 5.10 Å². The largest absolute Gasteiger partial charge is 0.496 e. The number of nitrogens with zero attached hydrogens (tertiary/aromatic N) is 5. The number of carbonyl (C=O) groups excluding carboxylic acids is 1. The zero-order valence-corrected chi connectivity index (χ0v) is 16.4. The van der Waals surface area contributed by atoms with Crippen LogP contribution < -0.4 is 10.1 Å². The van der Waals surface area contributed by atoms with Crippen LogP contribution in [0.5, 0.6) is 5.75 Å². The Labute approximate surface area is 165 Å². The summed E-state index contributed by atoms with van der Waals surface area (Å²) in [6.45, 7) is 5.89. The molecular formula is C20H28N6O2. The summed E-state index contributed by atoms with van der Waals surface area (Å²) in [7, 11) is 1.70. The molecule has 1 N–H and O–H groups in total. The molecule has 2 aliphatic heterocycles. The molecule has 8 nitrogen and oxygen atoms in total. The van der Waals surface area contributed by atoms with Crippen molar-refractivity contribution < 1.29 is 9.53 Å². The van der Waals surface area contributed by atoms with Crippen LogP contribution >= 0.6 is 0 Å². The molecule has 0 saturated carbocycles. The van der Waals surface area contributed by atoms with Crippen LogP contribution in [0.2, 0.25) is 0 Å². The van der Waals surface area contributed by atoms with E-state index in [0.29, 0.717) is 24.8 Å².